The second kappa shape index (κ2) is 5.96. The lowest BCUT2D eigenvalue weighted by Gasteiger charge is -2.20. The summed E-state index contributed by atoms with van der Waals surface area (Å²) in [4.78, 5) is 0. The number of benzene rings is 2. The van der Waals surface area contributed by atoms with Gasteiger partial charge in [0, 0.05) is 5.92 Å². The lowest BCUT2D eigenvalue weighted by atomic mass is 9.88. The highest BCUT2D eigenvalue weighted by atomic mass is 19.4. The number of halogens is 4. The summed E-state index contributed by atoms with van der Waals surface area (Å²) in [5, 5.41) is 8.73. The van der Waals surface area contributed by atoms with Gasteiger partial charge in [-0.3, -0.25) is 0 Å². The highest BCUT2D eigenvalue weighted by Crippen LogP contribution is 2.36. The van der Waals surface area contributed by atoms with Crippen LogP contribution in [0.15, 0.2) is 48.5 Å². The Labute approximate surface area is 119 Å². The number of hydrogen-bond donors (Lipinski definition) is 0. The molecule has 5 heteroatoms. The standard InChI is InChI=1S/C16H11F4N/c17-14-3-1-2-13(8-14)15(9-16(18,19)20)12-6-4-11(10-21)5-7-12/h1-8,15H,9H2. The van der Waals surface area contributed by atoms with Gasteiger partial charge in [0.25, 0.3) is 0 Å². The zero-order chi connectivity index (χ0) is 15.5. The number of hydrogen-bond acceptors (Lipinski definition) is 1. The fraction of sp³-hybridized carbons (Fsp3) is 0.188. The molecule has 0 aliphatic heterocycles. The molecule has 0 aliphatic rings. The van der Waals surface area contributed by atoms with Gasteiger partial charge in [0.2, 0.25) is 0 Å². The molecule has 1 nitrogen and oxygen atoms in total. The lowest BCUT2D eigenvalue weighted by Crippen LogP contribution is -2.15. The maximum atomic E-state index is 13.3. The first-order chi connectivity index (χ1) is 9.89. The van der Waals surface area contributed by atoms with E-state index in [9.17, 15) is 17.6 Å². The predicted molar refractivity (Wildman–Crippen MR) is 70.1 cm³/mol. The Bertz CT molecular complexity index is 653. The van der Waals surface area contributed by atoms with E-state index >= 15 is 0 Å². The fourth-order valence-corrected chi connectivity index (χ4v) is 2.17. The van der Waals surface area contributed by atoms with Gasteiger partial charge in [0.1, 0.15) is 5.82 Å². The summed E-state index contributed by atoms with van der Waals surface area (Å²) in [6, 6.07) is 12.9. The smallest absolute Gasteiger partial charge is 0.207 e. The Morgan fingerprint density at radius 1 is 1.00 bits per heavy atom. The van der Waals surface area contributed by atoms with Crippen LogP contribution in [0.25, 0.3) is 0 Å². The van der Waals surface area contributed by atoms with Gasteiger partial charge in [-0.05, 0) is 35.4 Å². The van der Waals surface area contributed by atoms with E-state index in [4.69, 9.17) is 5.26 Å². The van der Waals surface area contributed by atoms with Crippen LogP contribution in [0.3, 0.4) is 0 Å². The summed E-state index contributed by atoms with van der Waals surface area (Å²) in [6.45, 7) is 0. The molecule has 2 aromatic rings. The predicted octanol–water partition coefficient (Wildman–Crippen LogP) is 4.78. The molecule has 0 bridgehead atoms. The summed E-state index contributed by atoms with van der Waals surface area (Å²) in [5.41, 5.74) is 1.03. The van der Waals surface area contributed by atoms with Crippen LogP contribution in [0.5, 0.6) is 0 Å². The quantitative estimate of drug-likeness (QED) is 0.747. The fourth-order valence-electron chi connectivity index (χ4n) is 2.17. The van der Waals surface area contributed by atoms with Crippen molar-refractivity contribution in [1.29, 1.82) is 5.26 Å². The van der Waals surface area contributed by atoms with Crippen molar-refractivity contribution in [2.75, 3.05) is 0 Å². The average molecular weight is 293 g/mol. The number of alkyl halides is 3. The van der Waals surface area contributed by atoms with Gasteiger partial charge in [0.15, 0.2) is 0 Å². The van der Waals surface area contributed by atoms with E-state index in [0.29, 0.717) is 11.1 Å². The first-order valence-electron chi connectivity index (χ1n) is 6.21. The molecule has 0 N–H and O–H groups in total. The molecule has 2 aromatic carbocycles. The van der Waals surface area contributed by atoms with Crippen molar-refractivity contribution in [1.82, 2.24) is 0 Å². The van der Waals surface area contributed by atoms with E-state index < -0.39 is 24.3 Å². The Morgan fingerprint density at radius 2 is 1.67 bits per heavy atom. The Balaban J connectivity index is 2.42. The van der Waals surface area contributed by atoms with Crippen LogP contribution in [0.2, 0.25) is 0 Å². The van der Waals surface area contributed by atoms with E-state index in [1.54, 1.807) is 0 Å². The third-order valence-corrected chi connectivity index (χ3v) is 3.13. The minimum absolute atomic E-state index is 0.261. The van der Waals surface area contributed by atoms with Gasteiger partial charge in [0.05, 0.1) is 18.1 Å². The van der Waals surface area contributed by atoms with Crippen molar-refractivity contribution < 1.29 is 17.6 Å². The zero-order valence-corrected chi connectivity index (χ0v) is 10.9. The summed E-state index contributed by atoms with van der Waals surface area (Å²) < 4.78 is 51.6. The maximum Gasteiger partial charge on any atom is 0.390 e. The summed E-state index contributed by atoms with van der Waals surface area (Å²) in [6.07, 6.45) is -5.45. The van der Waals surface area contributed by atoms with Gasteiger partial charge in [-0.25, -0.2) is 4.39 Å². The molecule has 0 heterocycles. The molecule has 108 valence electrons. The van der Waals surface area contributed by atoms with E-state index in [-0.39, 0.29) is 5.56 Å². The molecule has 2 rings (SSSR count). The van der Waals surface area contributed by atoms with E-state index in [0.717, 1.165) is 6.07 Å². The first-order valence-corrected chi connectivity index (χ1v) is 6.21. The largest absolute Gasteiger partial charge is 0.390 e. The number of nitriles is 1. The summed E-state index contributed by atoms with van der Waals surface area (Å²) in [5.74, 6) is -1.57. The molecule has 0 aromatic heterocycles. The highest BCUT2D eigenvalue weighted by molar-refractivity contribution is 5.38. The summed E-state index contributed by atoms with van der Waals surface area (Å²) >= 11 is 0. The maximum absolute atomic E-state index is 13.3. The van der Waals surface area contributed by atoms with Crippen LogP contribution in [0, 0.1) is 17.1 Å². The average Bonchev–Trinajstić information content (AvgIpc) is 2.44. The van der Waals surface area contributed by atoms with Crippen LogP contribution in [0.4, 0.5) is 17.6 Å². The van der Waals surface area contributed by atoms with Crippen molar-refractivity contribution >= 4 is 0 Å². The molecule has 21 heavy (non-hydrogen) atoms. The molecule has 0 saturated carbocycles. The normalized spacial score (nSPS) is 12.7. The lowest BCUT2D eigenvalue weighted by molar-refractivity contribution is -0.136. The van der Waals surface area contributed by atoms with Crippen LogP contribution in [-0.4, -0.2) is 6.18 Å². The number of rotatable bonds is 3. The Hall–Kier alpha value is -2.35. The van der Waals surface area contributed by atoms with E-state index in [2.05, 4.69) is 0 Å². The van der Waals surface area contributed by atoms with Crippen molar-refractivity contribution in [3.8, 4) is 6.07 Å². The molecular weight excluding hydrogens is 282 g/mol. The minimum Gasteiger partial charge on any atom is -0.207 e. The van der Waals surface area contributed by atoms with E-state index in [1.165, 1.54) is 42.5 Å². The van der Waals surface area contributed by atoms with Crippen LogP contribution in [0.1, 0.15) is 29.0 Å². The topological polar surface area (TPSA) is 23.8 Å². The molecule has 0 aliphatic carbocycles. The molecule has 1 unspecified atom stereocenters. The van der Waals surface area contributed by atoms with E-state index in [1.807, 2.05) is 6.07 Å². The third kappa shape index (κ3) is 4.06. The van der Waals surface area contributed by atoms with Gasteiger partial charge < -0.3 is 0 Å². The van der Waals surface area contributed by atoms with Gasteiger partial charge in [-0.1, -0.05) is 24.3 Å². The van der Waals surface area contributed by atoms with Crippen LogP contribution in [-0.2, 0) is 0 Å². The van der Waals surface area contributed by atoms with Gasteiger partial charge in [-0.2, -0.15) is 18.4 Å². The van der Waals surface area contributed by atoms with Crippen molar-refractivity contribution in [2.45, 2.75) is 18.5 Å². The van der Waals surface area contributed by atoms with Crippen molar-refractivity contribution in [3.05, 3.63) is 71.0 Å². The van der Waals surface area contributed by atoms with Crippen molar-refractivity contribution in [2.24, 2.45) is 0 Å². The molecular formula is C16H11F4N. The highest BCUT2D eigenvalue weighted by Gasteiger charge is 2.33. The second-order valence-electron chi connectivity index (χ2n) is 4.66. The molecule has 0 amide bonds. The minimum atomic E-state index is -4.37. The van der Waals surface area contributed by atoms with Gasteiger partial charge in [-0.15, -0.1) is 0 Å². The Kier molecular flexibility index (Phi) is 4.27. The number of nitrogens with zero attached hydrogens (tertiary/aromatic N) is 1. The molecule has 0 saturated heterocycles. The molecule has 0 radical (unpaired) electrons. The van der Waals surface area contributed by atoms with Crippen LogP contribution < -0.4 is 0 Å². The zero-order valence-electron chi connectivity index (χ0n) is 10.9. The summed E-state index contributed by atoms with van der Waals surface area (Å²) in [7, 11) is 0. The second-order valence-corrected chi connectivity index (χ2v) is 4.66. The van der Waals surface area contributed by atoms with Gasteiger partial charge >= 0.3 is 6.18 Å². The third-order valence-electron chi connectivity index (χ3n) is 3.13. The first kappa shape index (κ1) is 15.0. The molecule has 1 atom stereocenters. The molecule has 0 fully saturated rings. The monoisotopic (exact) mass is 293 g/mol. The SMILES string of the molecule is N#Cc1ccc(C(CC(F)(F)F)c2cccc(F)c2)cc1. The Morgan fingerprint density at radius 3 is 2.19 bits per heavy atom. The van der Waals surface area contributed by atoms with Crippen LogP contribution >= 0.6 is 0 Å². The molecule has 0 spiro atoms. The van der Waals surface area contributed by atoms with Crippen molar-refractivity contribution in [3.63, 3.8) is 0 Å².